The largest absolute Gasteiger partial charge is 0.350 e. The highest BCUT2D eigenvalue weighted by Gasteiger charge is 2.05. The molecule has 0 aromatic rings. The van der Waals surface area contributed by atoms with E-state index in [0.29, 0.717) is 0 Å². The maximum Gasteiger partial charge on any atom is 0.335 e. The molecule has 0 bridgehead atoms. The number of carbonyl (C=O) groups is 1. The maximum absolute atomic E-state index is 9.69. The Morgan fingerprint density at radius 2 is 2.00 bits per heavy atom. The Morgan fingerprint density at radius 1 is 1.67 bits per heavy atom. The lowest BCUT2D eigenvalue weighted by Gasteiger charge is -1.92. The molecular weight excluding hydrogens is 189 g/mol. The first-order chi connectivity index (χ1) is 5.33. The fourth-order valence-electron chi connectivity index (χ4n) is 0.0450. The van der Waals surface area contributed by atoms with E-state index in [-0.39, 0.29) is 6.16 Å². The number of hydrogen-bond donors (Lipinski definition) is 4. The lowest BCUT2D eigenvalue weighted by Crippen LogP contribution is -2.23. The molecule has 0 unspecified atom stereocenters. The van der Waals surface area contributed by atoms with Gasteiger partial charge in [-0.2, -0.15) is 5.43 Å². The topological polar surface area (TPSA) is 142 Å². The van der Waals surface area contributed by atoms with Gasteiger partial charge in [0.2, 0.25) is 0 Å². The zero-order valence-electron chi connectivity index (χ0n) is 6.30. The van der Waals surface area contributed by atoms with Crippen molar-refractivity contribution in [2.45, 2.75) is 6.92 Å². The molecule has 0 aliphatic rings. The molecule has 0 aromatic heterocycles. The van der Waals surface area contributed by atoms with Crippen LogP contribution in [0.3, 0.4) is 0 Å². The summed E-state index contributed by atoms with van der Waals surface area (Å²) in [6.45, 7) is 1.45. The summed E-state index contributed by atoms with van der Waals surface area (Å²) in [5.74, 6) is 0. The van der Waals surface area contributed by atoms with Gasteiger partial charge in [-0.05, 0) is 0 Å². The summed E-state index contributed by atoms with van der Waals surface area (Å²) in [5, 5.41) is 1.96. The first kappa shape index (κ1) is 13.6. The highest BCUT2D eigenvalue weighted by molar-refractivity contribution is 7.51. The molecule has 2 amide bonds. The fourth-order valence-corrected chi connectivity index (χ4v) is 0.0450. The normalized spacial score (nSPS) is 9.25. The molecule has 72 valence electrons. The molecule has 0 heterocycles. The highest BCUT2D eigenvalue weighted by Crippen LogP contribution is 2.32. The van der Waals surface area contributed by atoms with Crippen molar-refractivity contribution in [1.29, 1.82) is 0 Å². The summed E-state index contributed by atoms with van der Waals surface area (Å²) in [7, 11) is -3.65. The Bertz CT molecular complexity index is 188. The van der Waals surface area contributed by atoms with Crippen LogP contribution in [-0.2, 0) is 4.57 Å². The van der Waals surface area contributed by atoms with Crippen LogP contribution in [0.2, 0.25) is 0 Å². The van der Waals surface area contributed by atoms with Crippen LogP contribution in [0, 0.1) is 4.91 Å². The zero-order valence-corrected chi connectivity index (χ0v) is 7.19. The van der Waals surface area contributed by atoms with Crippen LogP contribution < -0.4 is 11.2 Å². The van der Waals surface area contributed by atoms with Crippen LogP contribution in [0.4, 0.5) is 4.79 Å². The molecule has 0 rings (SSSR count). The number of rotatable bonds is 2. The number of carbonyl (C=O) groups excluding carboxylic acids is 1. The van der Waals surface area contributed by atoms with Gasteiger partial charge in [-0.15, -0.1) is 4.91 Å². The first-order valence-corrected chi connectivity index (χ1v) is 4.55. The van der Waals surface area contributed by atoms with Gasteiger partial charge in [0.05, 0.1) is 5.29 Å². The number of urea groups is 1. The van der Waals surface area contributed by atoms with Gasteiger partial charge in [0.15, 0.2) is 0 Å². The molecule has 0 radical (unpaired) electrons. The second-order valence-corrected chi connectivity index (χ2v) is 3.51. The summed E-state index contributed by atoms with van der Waals surface area (Å²) >= 11 is 0. The third-order valence-electron chi connectivity index (χ3n) is 0.568. The van der Waals surface area contributed by atoms with E-state index in [4.69, 9.17) is 14.7 Å². The van der Waals surface area contributed by atoms with E-state index in [2.05, 4.69) is 5.73 Å². The molecule has 12 heavy (non-hydrogen) atoms. The van der Waals surface area contributed by atoms with E-state index in [1.807, 2.05) is 5.29 Å². The molecule has 9 heteroatoms. The second-order valence-electron chi connectivity index (χ2n) is 1.55. The van der Waals surface area contributed by atoms with Crippen LogP contribution >= 0.6 is 7.60 Å². The standard InChI is InChI=1S/C2H7O3P.CH3N3O2/c1-2-6(3,4)5;2-1(5)3-4-6/h2H2,1H3,(H2,3,4,5);(H3,2,3,5,6). The molecule has 0 fully saturated rings. The van der Waals surface area contributed by atoms with E-state index in [0.717, 1.165) is 0 Å². The average Bonchev–Trinajstić information content (AvgIpc) is 1.87. The second kappa shape index (κ2) is 6.71. The van der Waals surface area contributed by atoms with Gasteiger partial charge >= 0.3 is 13.6 Å². The van der Waals surface area contributed by atoms with Crippen LogP contribution in [0.25, 0.3) is 0 Å². The van der Waals surface area contributed by atoms with Crippen LogP contribution in [-0.4, -0.2) is 22.0 Å². The van der Waals surface area contributed by atoms with Crippen molar-refractivity contribution in [2.24, 2.45) is 11.0 Å². The predicted molar refractivity (Wildman–Crippen MR) is 41.1 cm³/mol. The fraction of sp³-hybridized carbons (Fsp3) is 0.667. The lowest BCUT2D eigenvalue weighted by atomic mass is 11.0. The van der Waals surface area contributed by atoms with Gasteiger partial charge in [0, 0.05) is 6.16 Å². The molecule has 0 aromatic carbocycles. The molecule has 0 aliphatic heterocycles. The van der Waals surface area contributed by atoms with Gasteiger partial charge < -0.3 is 15.5 Å². The molecular formula is C3H10N3O5P. The van der Waals surface area contributed by atoms with Gasteiger partial charge in [-0.25, -0.2) is 4.79 Å². The van der Waals surface area contributed by atoms with Crippen molar-refractivity contribution in [3.63, 3.8) is 0 Å². The Labute approximate surface area is 68.2 Å². The Balaban J connectivity index is 0. The monoisotopic (exact) mass is 199 g/mol. The quantitative estimate of drug-likeness (QED) is 0.270. The van der Waals surface area contributed by atoms with Crippen molar-refractivity contribution in [3.8, 4) is 0 Å². The Morgan fingerprint density at radius 3 is 2.00 bits per heavy atom. The van der Waals surface area contributed by atoms with Crippen molar-refractivity contribution in [2.75, 3.05) is 6.16 Å². The van der Waals surface area contributed by atoms with Crippen molar-refractivity contribution in [1.82, 2.24) is 5.43 Å². The SMILES string of the molecule is CCP(=O)(O)O.NC(=O)NN=O. The van der Waals surface area contributed by atoms with Crippen molar-refractivity contribution < 1.29 is 19.1 Å². The highest BCUT2D eigenvalue weighted by atomic mass is 31.2. The molecule has 0 aliphatic carbocycles. The molecule has 0 saturated carbocycles. The van der Waals surface area contributed by atoms with Crippen molar-refractivity contribution in [3.05, 3.63) is 4.91 Å². The maximum atomic E-state index is 9.69. The van der Waals surface area contributed by atoms with Crippen LogP contribution in [0.15, 0.2) is 5.29 Å². The van der Waals surface area contributed by atoms with E-state index in [1.54, 1.807) is 0 Å². The smallest absolute Gasteiger partial charge is 0.335 e. The number of nitrogens with one attached hydrogen (secondary N) is 1. The number of primary amides is 1. The number of nitrogens with two attached hydrogens (primary N) is 1. The summed E-state index contributed by atoms with van der Waals surface area (Å²) < 4.78 is 9.69. The minimum atomic E-state index is -3.65. The molecule has 0 spiro atoms. The number of amides is 2. The van der Waals surface area contributed by atoms with E-state index < -0.39 is 13.6 Å². The molecule has 0 saturated heterocycles. The van der Waals surface area contributed by atoms with Gasteiger partial charge in [0.1, 0.15) is 0 Å². The van der Waals surface area contributed by atoms with Crippen molar-refractivity contribution >= 4 is 13.6 Å². The number of nitrogens with zero attached hydrogens (tertiary/aromatic N) is 1. The molecule has 5 N–H and O–H groups in total. The first-order valence-electron chi connectivity index (χ1n) is 2.75. The summed E-state index contributed by atoms with van der Waals surface area (Å²) in [6, 6.07) is -0.940. The predicted octanol–water partition coefficient (Wildman–Crippen LogP) is -0.480. The van der Waals surface area contributed by atoms with Gasteiger partial charge in [-0.3, -0.25) is 4.57 Å². The van der Waals surface area contributed by atoms with Crippen LogP contribution in [0.5, 0.6) is 0 Å². The van der Waals surface area contributed by atoms with E-state index >= 15 is 0 Å². The van der Waals surface area contributed by atoms with E-state index in [1.165, 1.54) is 12.3 Å². The molecule has 0 atom stereocenters. The summed E-state index contributed by atoms with van der Waals surface area (Å²) in [4.78, 5) is 34.2. The minimum absolute atomic E-state index is 0.0625. The lowest BCUT2D eigenvalue weighted by molar-refractivity contribution is 0.249. The van der Waals surface area contributed by atoms with Gasteiger partial charge in [-0.1, -0.05) is 6.92 Å². The van der Waals surface area contributed by atoms with Gasteiger partial charge in [0.25, 0.3) is 0 Å². The minimum Gasteiger partial charge on any atom is -0.350 e. The number of nitroso groups, excluding NO2 is 1. The zero-order chi connectivity index (χ0) is 10.2. The molecule has 8 nitrogen and oxygen atoms in total. The third kappa shape index (κ3) is 23.0. The Hall–Kier alpha value is -0.980. The summed E-state index contributed by atoms with van der Waals surface area (Å²) in [6.07, 6.45) is -0.0625. The van der Waals surface area contributed by atoms with Crippen LogP contribution in [0.1, 0.15) is 6.92 Å². The Kier molecular flexibility index (Phi) is 7.61. The third-order valence-corrected chi connectivity index (χ3v) is 1.39. The van der Waals surface area contributed by atoms with E-state index in [9.17, 15) is 9.36 Å². The summed E-state index contributed by atoms with van der Waals surface area (Å²) in [5.41, 5.74) is 5.78. The average molecular weight is 199 g/mol. The number of hydrogen-bond acceptors (Lipinski definition) is 4.